The van der Waals surface area contributed by atoms with Gasteiger partial charge in [0.05, 0.1) is 5.69 Å². The molecule has 96 valence electrons. The van der Waals surface area contributed by atoms with Crippen LogP contribution in [0.3, 0.4) is 0 Å². The van der Waals surface area contributed by atoms with Gasteiger partial charge in [-0.15, -0.1) is 0 Å². The molecule has 2 rings (SSSR count). The Hall–Kier alpha value is -0.880. The standard InChI is InChI=1S/C12H13Br2N3O/c1-12(2,3)10-9(14)11(18)17(16-10)8-5-4-7(13)6-15-8/h4-6,16H,1-3H3. The molecule has 2 heterocycles. The van der Waals surface area contributed by atoms with Gasteiger partial charge in [-0.3, -0.25) is 9.89 Å². The van der Waals surface area contributed by atoms with Gasteiger partial charge < -0.3 is 0 Å². The van der Waals surface area contributed by atoms with Crippen molar-refractivity contribution in [3.8, 4) is 5.82 Å². The van der Waals surface area contributed by atoms with E-state index in [4.69, 9.17) is 0 Å². The maximum absolute atomic E-state index is 12.2. The molecule has 0 aliphatic rings. The highest BCUT2D eigenvalue weighted by atomic mass is 79.9. The van der Waals surface area contributed by atoms with Crippen molar-refractivity contribution in [3.63, 3.8) is 0 Å². The Balaban J connectivity index is 2.60. The van der Waals surface area contributed by atoms with E-state index in [1.807, 2.05) is 26.8 Å². The third-order valence-electron chi connectivity index (χ3n) is 2.52. The van der Waals surface area contributed by atoms with Crippen molar-refractivity contribution in [3.05, 3.63) is 43.3 Å². The lowest BCUT2D eigenvalue weighted by Gasteiger charge is -2.16. The highest BCUT2D eigenvalue weighted by Crippen LogP contribution is 2.26. The van der Waals surface area contributed by atoms with E-state index in [1.54, 1.807) is 12.3 Å². The molecule has 0 amide bonds. The summed E-state index contributed by atoms with van der Waals surface area (Å²) in [5.74, 6) is 0.569. The van der Waals surface area contributed by atoms with Gasteiger partial charge in [0.1, 0.15) is 4.47 Å². The average molecular weight is 375 g/mol. The second-order valence-corrected chi connectivity index (χ2v) is 6.73. The van der Waals surface area contributed by atoms with Crippen molar-refractivity contribution < 1.29 is 0 Å². The number of hydrogen-bond acceptors (Lipinski definition) is 2. The first-order valence-corrected chi connectivity index (χ1v) is 7.02. The lowest BCUT2D eigenvalue weighted by molar-refractivity contribution is 0.557. The minimum Gasteiger partial charge on any atom is -0.292 e. The number of nitrogens with zero attached hydrogens (tertiary/aromatic N) is 2. The van der Waals surface area contributed by atoms with Crippen LogP contribution in [0, 0.1) is 0 Å². The van der Waals surface area contributed by atoms with Gasteiger partial charge in [0.25, 0.3) is 5.56 Å². The van der Waals surface area contributed by atoms with Gasteiger partial charge in [-0.2, -0.15) is 0 Å². The number of hydrogen-bond donors (Lipinski definition) is 1. The molecule has 0 saturated heterocycles. The van der Waals surface area contributed by atoms with Crippen LogP contribution < -0.4 is 5.56 Å². The van der Waals surface area contributed by atoms with Crippen LogP contribution in [0.5, 0.6) is 0 Å². The predicted octanol–water partition coefficient (Wildman–Crippen LogP) is 3.38. The molecule has 0 aromatic carbocycles. The Bertz CT molecular complexity index is 620. The molecule has 1 N–H and O–H groups in total. The molecule has 0 radical (unpaired) electrons. The molecular formula is C12H13Br2N3O. The summed E-state index contributed by atoms with van der Waals surface area (Å²) >= 11 is 6.67. The number of pyridine rings is 1. The van der Waals surface area contributed by atoms with Crippen LogP contribution in [-0.2, 0) is 5.41 Å². The van der Waals surface area contributed by atoms with E-state index in [9.17, 15) is 4.79 Å². The fourth-order valence-electron chi connectivity index (χ4n) is 1.58. The number of H-pyrrole nitrogens is 1. The molecule has 18 heavy (non-hydrogen) atoms. The van der Waals surface area contributed by atoms with E-state index in [0.29, 0.717) is 10.3 Å². The van der Waals surface area contributed by atoms with Crippen LogP contribution in [0.1, 0.15) is 26.5 Å². The molecule has 2 aromatic heterocycles. The minimum atomic E-state index is -0.140. The van der Waals surface area contributed by atoms with Gasteiger partial charge in [0.2, 0.25) is 0 Å². The smallest absolute Gasteiger partial charge is 0.287 e. The number of aromatic amines is 1. The Morgan fingerprint density at radius 1 is 1.28 bits per heavy atom. The van der Waals surface area contributed by atoms with E-state index < -0.39 is 0 Å². The lowest BCUT2D eigenvalue weighted by Crippen LogP contribution is -2.15. The van der Waals surface area contributed by atoms with Crippen LogP contribution in [0.25, 0.3) is 5.82 Å². The molecule has 0 unspecified atom stereocenters. The zero-order valence-corrected chi connectivity index (χ0v) is 13.5. The number of nitrogens with one attached hydrogen (secondary N) is 1. The zero-order chi connectivity index (χ0) is 13.5. The van der Waals surface area contributed by atoms with Crippen molar-refractivity contribution >= 4 is 31.9 Å². The molecule has 2 aromatic rings. The summed E-state index contributed by atoms with van der Waals surface area (Å²) in [5.41, 5.74) is 0.588. The van der Waals surface area contributed by atoms with E-state index in [0.717, 1.165) is 10.2 Å². The Morgan fingerprint density at radius 3 is 2.39 bits per heavy atom. The first kappa shape index (κ1) is 13.5. The predicted molar refractivity (Wildman–Crippen MR) is 78.3 cm³/mol. The summed E-state index contributed by atoms with van der Waals surface area (Å²) in [5, 5.41) is 3.10. The fraction of sp³-hybridized carbons (Fsp3) is 0.333. The molecule has 0 atom stereocenters. The fourth-order valence-corrected chi connectivity index (χ4v) is 2.67. The summed E-state index contributed by atoms with van der Waals surface area (Å²) in [7, 11) is 0. The quantitative estimate of drug-likeness (QED) is 0.831. The van der Waals surface area contributed by atoms with Crippen LogP contribution in [0.2, 0.25) is 0 Å². The maximum Gasteiger partial charge on any atom is 0.287 e. The van der Waals surface area contributed by atoms with Crippen LogP contribution in [-0.4, -0.2) is 14.8 Å². The van der Waals surface area contributed by atoms with Gasteiger partial charge in [-0.25, -0.2) is 9.67 Å². The largest absolute Gasteiger partial charge is 0.292 e. The van der Waals surface area contributed by atoms with Gasteiger partial charge >= 0.3 is 0 Å². The van der Waals surface area contributed by atoms with Crippen molar-refractivity contribution in [1.29, 1.82) is 0 Å². The van der Waals surface area contributed by atoms with Crippen molar-refractivity contribution in [2.45, 2.75) is 26.2 Å². The molecule has 0 aliphatic heterocycles. The summed E-state index contributed by atoms with van der Waals surface area (Å²) in [4.78, 5) is 16.4. The maximum atomic E-state index is 12.2. The number of rotatable bonds is 1. The Kier molecular flexibility index (Phi) is 3.51. The third kappa shape index (κ3) is 2.44. The molecule has 0 spiro atoms. The molecular weight excluding hydrogens is 362 g/mol. The summed E-state index contributed by atoms with van der Waals surface area (Å²) in [6, 6.07) is 3.63. The molecule has 4 nitrogen and oxygen atoms in total. The number of halogens is 2. The van der Waals surface area contributed by atoms with Crippen molar-refractivity contribution in [1.82, 2.24) is 14.8 Å². The SMILES string of the molecule is CC(C)(C)c1[nH]n(-c2ccc(Br)cn2)c(=O)c1Br. The second kappa shape index (κ2) is 4.66. The summed E-state index contributed by atoms with van der Waals surface area (Å²) in [6.07, 6.45) is 1.66. The molecule has 0 bridgehead atoms. The number of aromatic nitrogens is 3. The molecule has 0 fully saturated rings. The molecule has 6 heteroatoms. The van der Waals surface area contributed by atoms with Crippen LogP contribution in [0.4, 0.5) is 0 Å². The average Bonchev–Trinajstić information content (AvgIpc) is 2.57. The van der Waals surface area contributed by atoms with Gasteiger partial charge in [0.15, 0.2) is 5.82 Å². The van der Waals surface area contributed by atoms with E-state index in [-0.39, 0.29) is 11.0 Å². The summed E-state index contributed by atoms with van der Waals surface area (Å²) < 4.78 is 2.87. The summed E-state index contributed by atoms with van der Waals surface area (Å²) in [6.45, 7) is 6.13. The van der Waals surface area contributed by atoms with E-state index in [1.165, 1.54) is 4.68 Å². The normalized spacial score (nSPS) is 11.8. The first-order valence-electron chi connectivity index (χ1n) is 5.43. The van der Waals surface area contributed by atoms with Crippen LogP contribution >= 0.6 is 31.9 Å². The van der Waals surface area contributed by atoms with Gasteiger partial charge in [-0.05, 0) is 44.0 Å². The zero-order valence-electron chi connectivity index (χ0n) is 10.3. The molecule has 0 aliphatic carbocycles. The van der Waals surface area contributed by atoms with Crippen molar-refractivity contribution in [2.75, 3.05) is 0 Å². The van der Waals surface area contributed by atoms with Crippen LogP contribution in [0.15, 0.2) is 32.1 Å². The monoisotopic (exact) mass is 373 g/mol. The second-order valence-electron chi connectivity index (χ2n) is 5.03. The Labute approximate surface area is 122 Å². The van der Waals surface area contributed by atoms with Gasteiger partial charge in [0, 0.05) is 16.1 Å². The van der Waals surface area contributed by atoms with E-state index in [2.05, 4.69) is 41.9 Å². The highest BCUT2D eigenvalue weighted by Gasteiger charge is 2.23. The van der Waals surface area contributed by atoms with Crippen molar-refractivity contribution in [2.24, 2.45) is 0 Å². The van der Waals surface area contributed by atoms with E-state index >= 15 is 0 Å². The highest BCUT2D eigenvalue weighted by molar-refractivity contribution is 9.10. The topological polar surface area (TPSA) is 50.7 Å². The lowest BCUT2D eigenvalue weighted by atomic mass is 9.93. The Morgan fingerprint density at radius 2 is 1.94 bits per heavy atom. The first-order chi connectivity index (χ1) is 8.30. The third-order valence-corrected chi connectivity index (χ3v) is 3.73. The minimum absolute atomic E-state index is 0.130. The molecule has 0 saturated carbocycles. The van der Waals surface area contributed by atoms with Gasteiger partial charge in [-0.1, -0.05) is 20.8 Å².